The van der Waals surface area contributed by atoms with Gasteiger partial charge in [0.1, 0.15) is 0 Å². The molecule has 0 radical (unpaired) electrons. The predicted octanol–water partition coefficient (Wildman–Crippen LogP) is 8.70. The van der Waals surface area contributed by atoms with Gasteiger partial charge in [-0.15, -0.1) is 0 Å². The minimum Gasteiger partial charge on any atom is -0.392 e. The zero-order valence-corrected chi connectivity index (χ0v) is 31.5. The highest BCUT2D eigenvalue weighted by Gasteiger charge is 2.07. The van der Waals surface area contributed by atoms with Gasteiger partial charge in [0.25, 0.3) is 0 Å². The van der Waals surface area contributed by atoms with Crippen LogP contribution in [0.1, 0.15) is 107 Å². The van der Waals surface area contributed by atoms with Crippen LogP contribution in [-0.2, 0) is 4.79 Å². The summed E-state index contributed by atoms with van der Waals surface area (Å²) in [5, 5.41) is 0. The molecule has 0 fully saturated rings. The van der Waals surface area contributed by atoms with E-state index in [-0.39, 0.29) is 6.04 Å². The van der Waals surface area contributed by atoms with E-state index in [1.165, 1.54) is 39.9 Å². The summed E-state index contributed by atoms with van der Waals surface area (Å²) in [7, 11) is 0. The fourth-order valence-corrected chi connectivity index (χ4v) is 5.75. The summed E-state index contributed by atoms with van der Waals surface area (Å²) < 4.78 is 0. The number of amides is 1. The van der Waals surface area contributed by atoms with Crippen molar-refractivity contribution < 1.29 is 4.79 Å². The van der Waals surface area contributed by atoms with Crippen LogP contribution in [0.2, 0.25) is 0 Å². The molecule has 0 rings (SSSR count). The maximum absolute atomic E-state index is 10.8. The zero-order valence-electron chi connectivity index (χ0n) is 29.0. The van der Waals surface area contributed by atoms with E-state index >= 15 is 0 Å². The number of carbonyl (C=O) groups excluding carboxylic acids is 1. The van der Waals surface area contributed by atoms with Crippen LogP contribution in [0, 0.1) is 0 Å². The molecule has 2 atom stereocenters. The Bertz CT molecular complexity index is 921. The normalized spacial score (nSPS) is 13.9. The average Bonchev–Trinajstić information content (AvgIpc) is 2.93. The summed E-state index contributed by atoms with van der Waals surface area (Å²) in [6.07, 6.45) is 22.8. The van der Waals surface area contributed by atoms with Crippen molar-refractivity contribution in [3.63, 3.8) is 0 Å². The first kappa shape index (κ1) is 44.5. The van der Waals surface area contributed by atoms with E-state index in [0.717, 1.165) is 62.2 Å². The number of nitrogens with two attached hydrogens (primary N) is 4. The molecule has 0 aliphatic rings. The Morgan fingerprint density at radius 2 is 0.886 bits per heavy atom. The molecule has 0 aliphatic carbocycles. The second-order valence-electron chi connectivity index (χ2n) is 12.0. The standard InChI is InChI=1S/C18H32N2OS.C18H32N2S2/c2*1-14(2)7-5-8-15(3)9-6-10-16(4)11-12-22-13-17(19)18(20)21/h2*7,9,11,17H,5-6,8,10,12-13,19H2,1-4H3,(H2,20,21)/b2*15-9+,16-11+/t2*17-/m00/s1. The van der Waals surface area contributed by atoms with Gasteiger partial charge in [0, 0.05) is 23.0 Å². The lowest BCUT2D eigenvalue weighted by molar-refractivity contribution is -0.118. The lowest BCUT2D eigenvalue weighted by Gasteiger charge is -2.07. The molecule has 0 aromatic rings. The van der Waals surface area contributed by atoms with Crippen LogP contribution in [0.4, 0.5) is 0 Å². The van der Waals surface area contributed by atoms with Gasteiger partial charge < -0.3 is 22.9 Å². The molecular formula is C36H64N4OS3. The number of hydrogen-bond donors (Lipinski definition) is 4. The van der Waals surface area contributed by atoms with Crippen molar-refractivity contribution in [2.45, 2.75) is 119 Å². The van der Waals surface area contributed by atoms with Crippen molar-refractivity contribution >= 4 is 46.6 Å². The largest absolute Gasteiger partial charge is 0.392 e. The maximum Gasteiger partial charge on any atom is 0.235 e. The van der Waals surface area contributed by atoms with Crippen molar-refractivity contribution in [1.82, 2.24) is 0 Å². The van der Waals surface area contributed by atoms with Gasteiger partial charge in [0.2, 0.25) is 5.91 Å². The molecule has 8 N–H and O–H groups in total. The van der Waals surface area contributed by atoms with Gasteiger partial charge in [-0.05, 0) is 107 Å². The fraction of sp³-hybridized carbons (Fsp3) is 0.611. The molecule has 0 spiro atoms. The van der Waals surface area contributed by atoms with E-state index in [1.807, 2.05) is 0 Å². The summed E-state index contributed by atoms with van der Waals surface area (Å²) in [5.74, 6) is 2.81. The molecule has 44 heavy (non-hydrogen) atoms. The minimum absolute atomic E-state index is 0.167. The molecule has 8 heteroatoms. The molecule has 0 saturated carbocycles. The van der Waals surface area contributed by atoms with Crippen molar-refractivity contribution in [1.29, 1.82) is 0 Å². The topological polar surface area (TPSA) is 121 Å². The molecule has 0 aliphatic heterocycles. The van der Waals surface area contributed by atoms with Gasteiger partial charge >= 0.3 is 0 Å². The van der Waals surface area contributed by atoms with E-state index in [4.69, 9.17) is 35.2 Å². The maximum atomic E-state index is 10.8. The zero-order chi connectivity index (χ0) is 33.9. The summed E-state index contributed by atoms with van der Waals surface area (Å²) in [4.78, 5) is 11.2. The van der Waals surface area contributed by atoms with Crippen LogP contribution in [0.15, 0.2) is 69.9 Å². The van der Waals surface area contributed by atoms with E-state index < -0.39 is 11.9 Å². The SMILES string of the molecule is CC(C)=CCC/C(C)=C/CC/C(C)=C/CSC[C@H](N)C(N)=O.CC(C)=CCC/C(C)=C/CC/C(C)=C/CSC[C@H](N)C(N)=S. The highest BCUT2D eigenvalue weighted by Crippen LogP contribution is 2.14. The Labute approximate surface area is 285 Å². The van der Waals surface area contributed by atoms with E-state index in [2.05, 4.69) is 91.8 Å². The van der Waals surface area contributed by atoms with E-state index in [1.54, 1.807) is 23.5 Å². The van der Waals surface area contributed by atoms with Crippen molar-refractivity contribution in [2.24, 2.45) is 22.9 Å². The molecule has 0 heterocycles. The molecule has 0 aromatic heterocycles. The smallest absolute Gasteiger partial charge is 0.235 e. The van der Waals surface area contributed by atoms with Crippen LogP contribution >= 0.6 is 35.7 Å². The molecule has 5 nitrogen and oxygen atoms in total. The molecule has 252 valence electrons. The molecule has 0 aromatic carbocycles. The number of allylic oxidation sites excluding steroid dienone is 10. The Balaban J connectivity index is 0. The van der Waals surface area contributed by atoms with Gasteiger partial charge in [-0.3, -0.25) is 4.79 Å². The fourth-order valence-electron chi connectivity index (χ4n) is 3.63. The lowest BCUT2D eigenvalue weighted by atomic mass is 10.1. The van der Waals surface area contributed by atoms with Gasteiger partial charge in [0.05, 0.1) is 17.1 Å². The van der Waals surface area contributed by atoms with Gasteiger partial charge in [-0.25, -0.2) is 0 Å². The first-order valence-electron chi connectivity index (χ1n) is 15.8. The lowest BCUT2D eigenvalue weighted by Crippen LogP contribution is -2.38. The van der Waals surface area contributed by atoms with Crippen LogP contribution in [0.25, 0.3) is 0 Å². The van der Waals surface area contributed by atoms with Crippen LogP contribution in [0.3, 0.4) is 0 Å². The van der Waals surface area contributed by atoms with E-state index in [9.17, 15) is 4.79 Å². The van der Waals surface area contributed by atoms with Crippen molar-refractivity contribution in [3.05, 3.63) is 69.9 Å². The Hall–Kier alpha value is -1.58. The predicted molar refractivity (Wildman–Crippen MR) is 207 cm³/mol. The third kappa shape index (κ3) is 31.8. The number of primary amides is 1. The van der Waals surface area contributed by atoms with Gasteiger partial charge in [-0.2, -0.15) is 23.5 Å². The third-order valence-corrected chi connectivity index (χ3v) is 8.97. The van der Waals surface area contributed by atoms with Crippen LogP contribution < -0.4 is 22.9 Å². The number of rotatable bonds is 22. The number of thiocarbonyl (C=S) groups is 1. The van der Waals surface area contributed by atoms with Crippen molar-refractivity contribution in [3.8, 4) is 0 Å². The monoisotopic (exact) mass is 664 g/mol. The highest BCUT2D eigenvalue weighted by molar-refractivity contribution is 7.99. The van der Waals surface area contributed by atoms with Crippen molar-refractivity contribution in [2.75, 3.05) is 23.0 Å². The molecule has 0 saturated heterocycles. The first-order valence-corrected chi connectivity index (χ1v) is 18.5. The summed E-state index contributed by atoms with van der Waals surface area (Å²) in [6, 6.07) is -0.704. The summed E-state index contributed by atoms with van der Waals surface area (Å²) in [6.45, 7) is 17.4. The van der Waals surface area contributed by atoms with Crippen LogP contribution in [0.5, 0.6) is 0 Å². The number of hydrogen-bond acceptors (Lipinski definition) is 6. The second kappa shape index (κ2) is 28.9. The quantitative estimate of drug-likeness (QED) is 0.0519. The minimum atomic E-state index is -0.537. The summed E-state index contributed by atoms with van der Waals surface area (Å²) in [5.41, 5.74) is 30.5. The summed E-state index contributed by atoms with van der Waals surface area (Å²) >= 11 is 8.29. The second-order valence-corrected chi connectivity index (χ2v) is 14.6. The number of carbonyl (C=O) groups is 1. The average molecular weight is 665 g/mol. The molecule has 0 unspecified atom stereocenters. The Kier molecular flexibility index (Phi) is 29.2. The van der Waals surface area contributed by atoms with Gasteiger partial charge in [-0.1, -0.05) is 82.1 Å². The highest BCUT2D eigenvalue weighted by atomic mass is 32.2. The third-order valence-electron chi connectivity index (χ3n) is 6.67. The Morgan fingerprint density at radius 3 is 1.20 bits per heavy atom. The molecule has 0 bridgehead atoms. The Morgan fingerprint density at radius 1 is 0.568 bits per heavy atom. The first-order chi connectivity index (χ1) is 20.6. The van der Waals surface area contributed by atoms with E-state index in [0.29, 0.717) is 10.7 Å². The van der Waals surface area contributed by atoms with Crippen LogP contribution in [-0.4, -0.2) is 46.0 Å². The molecular weight excluding hydrogens is 601 g/mol. The van der Waals surface area contributed by atoms with Gasteiger partial charge in [0.15, 0.2) is 0 Å². The molecule has 1 amide bonds. The number of thioether (sulfide) groups is 2.